The first-order valence-electron chi connectivity index (χ1n) is 8.77. The first kappa shape index (κ1) is 19.0. The highest BCUT2D eigenvalue weighted by molar-refractivity contribution is 5.91. The van der Waals surface area contributed by atoms with E-state index in [2.05, 4.69) is 29.6 Å². The molecule has 2 amide bonds. The van der Waals surface area contributed by atoms with Gasteiger partial charge in [0.1, 0.15) is 0 Å². The Bertz CT molecular complexity index is 682. The van der Waals surface area contributed by atoms with Gasteiger partial charge in [-0.25, -0.2) is 9.48 Å². The fraction of sp³-hybridized carbons (Fsp3) is 0.474. The molecule has 0 radical (unpaired) electrons. The largest absolute Gasteiger partial charge is 0.396 e. The third kappa shape index (κ3) is 5.90. The van der Waals surface area contributed by atoms with Gasteiger partial charge in [-0.2, -0.15) is 5.10 Å². The number of aromatic nitrogens is 2. The van der Waals surface area contributed by atoms with Crippen molar-refractivity contribution in [3.63, 3.8) is 0 Å². The van der Waals surface area contributed by atoms with Gasteiger partial charge in [0.2, 0.25) is 0 Å². The Hall–Kier alpha value is -2.34. The van der Waals surface area contributed by atoms with Crippen molar-refractivity contribution in [1.82, 2.24) is 15.1 Å². The molecule has 2 aromatic rings. The summed E-state index contributed by atoms with van der Waals surface area (Å²) in [5, 5.41) is 19.4. The predicted molar refractivity (Wildman–Crippen MR) is 100.0 cm³/mol. The van der Waals surface area contributed by atoms with Crippen LogP contribution in [-0.4, -0.2) is 34.1 Å². The average Bonchev–Trinajstić information content (AvgIpc) is 2.99. The molecule has 25 heavy (non-hydrogen) atoms. The number of para-hydroxylation sites is 2. The number of urea groups is 1. The number of hydrogen-bond donors (Lipinski definition) is 3. The van der Waals surface area contributed by atoms with E-state index in [1.807, 2.05) is 43.5 Å². The van der Waals surface area contributed by atoms with Crippen molar-refractivity contribution >= 4 is 11.7 Å². The Morgan fingerprint density at radius 3 is 2.68 bits per heavy atom. The van der Waals surface area contributed by atoms with Gasteiger partial charge in [0.15, 0.2) is 0 Å². The molecule has 1 aromatic heterocycles. The summed E-state index contributed by atoms with van der Waals surface area (Å²) >= 11 is 0. The van der Waals surface area contributed by atoms with Crippen LogP contribution < -0.4 is 10.6 Å². The predicted octanol–water partition coefficient (Wildman–Crippen LogP) is 3.35. The van der Waals surface area contributed by atoms with Crippen LogP contribution in [0.1, 0.15) is 32.4 Å². The fourth-order valence-electron chi connectivity index (χ4n) is 2.88. The highest BCUT2D eigenvalue weighted by Crippen LogP contribution is 2.19. The van der Waals surface area contributed by atoms with Gasteiger partial charge < -0.3 is 15.7 Å². The third-order valence-corrected chi connectivity index (χ3v) is 4.01. The van der Waals surface area contributed by atoms with E-state index in [-0.39, 0.29) is 18.6 Å². The van der Waals surface area contributed by atoms with E-state index < -0.39 is 0 Å². The standard InChI is InChI=1S/C19H28N4O2/c1-14(2)12-16(9-11-24)13-20-19(25)21-17-6-4-5-7-18(17)23-10-8-15(3)22-23/h4-8,10,14,16,24H,9,11-13H2,1-3H3,(H2,20,21,25). The van der Waals surface area contributed by atoms with E-state index in [9.17, 15) is 9.90 Å². The molecule has 6 heteroatoms. The van der Waals surface area contributed by atoms with Crippen LogP contribution in [0.4, 0.5) is 10.5 Å². The highest BCUT2D eigenvalue weighted by atomic mass is 16.3. The molecule has 1 heterocycles. The first-order valence-corrected chi connectivity index (χ1v) is 8.77. The molecule has 2 rings (SSSR count). The summed E-state index contributed by atoms with van der Waals surface area (Å²) in [6.07, 6.45) is 3.54. The van der Waals surface area contributed by atoms with Crippen LogP contribution >= 0.6 is 0 Å². The molecule has 0 spiro atoms. The van der Waals surface area contributed by atoms with Gasteiger partial charge in [0, 0.05) is 19.3 Å². The lowest BCUT2D eigenvalue weighted by Gasteiger charge is -2.19. The second-order valence-corrected chi connectivity index (χ2v) is 6.76. The normalized spacial score (nSPS) is 12.2. The Kier molecular flexibility index (Phi) is 7.01. The molecular weight excluding hydrogens is 316 g/mol. The van der Waals surface area contributed by atoms with Crippen LogP contribution in [0.2, 0.25) is 0 Å². The number of nitrogens with one attached hydrogen (secondary N) is 2. The summed E-state index contributed by atoms with van der Waals surface area (Å²) in [5.74, 6) is 0.810. The van der Waals surface area contributed by atoms with Crippen LogP contribution in [-0.2, 0) is 0 Å². The zero-order valence-electron chi connectivity index (χ0n) is 15.2. The lowest BCUT2D eigenvalue weighted by Crippen LogP contribution is -2.34. The molecule has 0 aliphatic carbocycles. The van der Waals surface area contributed by atoms with E-state index in [4.69, 9.17) is 0 Å². The molecule has 0 bridgehead atoms. The quantitative estimate of drug-likeness (QED) is 0.687. The lowest BCUT2D eigenvalue weighted by atomic mass is 9.94. The van der Waals surface area contributed by atoms with Gasteiger partial charge in [0.05, 0.1) is 17.1 Å². The topological polar surface area (TPSA) is 79.2 Å². The highest BCUT2D eigenvalue weighted by Gasteiger charge is 2.13. The summed E-state index contributed by atoms with van der Waals surface area (Å²) in [7, 11) is 0. The van der Waals surface area contributed by atoms with Crippen LogP contribution in [0, 0.1) is 18.8 Å². The fourth-order valence-corrected chi connectivity index (χ4v) is 2.88. The minimum Gasteiger partial charge on any atom is -0.396 e. The average molecular weight is 344 g/mol. The maximum atomic E-state index is 12.3. The number of aryl methyl sites for hydroxylation is 1. The first-order chi connectivity index (χ1) is 12.0. The van der Waals surface area contributed by atoms with Gasteiger partial charge in [-0.15, -0.1) is 0 Å². The second kappa shape index (κ2) is 9.22. The van der Waals surface area contributed by atoms with Crippen molar-refractivity contribution in [2.45, 2.75) is 33.6 Å². The number of rotatable bonds is 8. The second-order valence-electron chi connectivity index (χ2n) is 6.76. The molecule has 0 aliphatic rings. The van der Waals surface area contributed by atoms with Crippen molar-refractivity contribution in [1.29, 1.82) is 0 Å². The minimum absolute atomic E-state index is 0.141. The molecule has 0 saturated carbocycles. The molecule has 3 N–H and O–H groups in total. The number of benzene rings is 1. The van der Waals surface area contributed by atoms with Crippen molar-refractivity contribution in [3.8, 4) is 5.69 Å². The van der Waals surface area contributed by atoms with E-state index in [0.29, 0.717) is 24.6 Å². The van der Waals surface area contributed by atoms with Gasteiger partial charge >= 0.3 is 6.03 Å². The van der Waals surface area contributed by atoms with E-state index in [0.717, 1.165) is 17.8 Å². The number of amides is 2. The Morgan fingerprint density at radius 2 is 2.04 bits per heavy atom. The smallest absolute Gasteiger partial charge is 0.319 e. The number of anilines is 1. The maximum Gasteiger partial charge on any atom is 0.319 e. The van der Waals surface area contributed by atoms with Crippen molar-refractivity contribution < 1.29 is 9.90 Å². The summed E-state index contributed by atoms with van der Waals surface area (Å²) in [5.41, 5.74) is 2.44. The van der Waals surface area contributed by atoms with Crippen LogP contribution in [0.3, 0.4) is 0 Å². The maximum absolute atomic E-state index is 12.3. The Labute approximate surface area is 149 Å². The van der Waals surface area contributed by atoms with Crippen molar-refractivity contribution in [2.75, 3.05) is 18.5 Å². The zero-order valence-corrected chi connectivity index (χ0v) is 15.2. The Morgan fingerprint density at radius 1 is 1.28 bits per heavy atom. The summed E-state index contributed by atoms with van der Waals surface area (Å²) in [4.78, 5) is 12.3. The molecule has 0 aliphatic heterocycles. The molecular formula is C19H28N4O2. The zero-order chi connectivity index (χ0) is 18.2. The Balaban J connectivity index is 1.99. The summed E-state index contributed by atoms with van der Waals surface area (Å²) < 4.78 is 1.75. The van der Waals surface area contributed by atoms with Crippen molar-refractivity contribution in [2.24, 2.45) is 11.8 Å². The minimum atomic E-state index is -0.247. The van der Waals surface area contributed by atoms with Gasteiger partial charge in [-0.1, -0.05) is 26.0 Å². The van der Waals surface area contributed by atoms with Gasteiger partial charge in [0.25, 0.3) is 0 Å². The van der Waals surface area contributed by atoms with E-state index >= 15 is 0 Å². The monoisotopic (exact) mass is 344 g/mol. The molecule has 136 valence electrons. The molecule has 1 aromatic carbocycles. The molecule has 0 saturated heterocycles. The lowest BCUT2D eigenvalue weighted by molar-refractivity contribution is 0.231. The number of carbonyl (C=O) groups is 1. The number of nitrogens with zero attached hydrogens (tertiary/aromatic N) is 2. The van der Waals surface area contributed by atoms with Gasteiger partial charge in [-0.05, 0) is 49.8 Å². The number of carbonyl (C=O) groups excluding carboxylic acids is 1. The number of hydrogen-bond acceptors (Lipinski definition) is 3. The molecule has 1 unspecified atom stereocenters. The van der Waals surface area contributed by atoms with Crippen molar-refractivity contribution in [3.05, 3.63) is 42.2 Å². The van der Waals surface area contributed by atoms with E-state index in [1.54, 1.807) is 4.68 Å². The number of aliphatic hydroxyl groups is 1. The molecule has 1 atom stereocenters. The summed E-state index contributed by atoms with van der Waals surface area (Å²) in [6, 6.07) is 9.23. The SMILES string of the molecule is Cc1ccn(-c2ccccc2NC(=O)NCC(CCO)CC(C)C)n1. The van der Waals surface area contributed by atoms with Gasteiger partial charge in [-0.3, -0.25) is 0 Å². The third-order valence-electron chi connectivity index (χ3n) is 4.01. The van der Waals surface area contributed by atoms with Crippen LogP contribution in [0.15, 0.2) is 36.5 Å². The van der Waals surface area contributed by atoms with E-state index in [1.165, 1.54) is 0 Å². The molecule has 6 nitrogen and oxygen atoms in total. The summed E-state index contributed by atoms with van der Waals surface area (Å²) in [6.45, 7) is 6.91. The number of aliphatic hydroxyl groups excluding tert-OH is 1. The van der Waals surface area contributed by atoms with Crippen LogP contribution in [0.5, 0.6) is 0 Å². The molecule has 0 fully saturated rings. The van der Waals surface area contributed by atoms with Crippen LogP contribution in [0.25, 0.3) is 5.69 Å².